The first-order valence-electron chi connectivity index (χ1n) is 11.4. The maximum atomic E-state index is 13.8. The standard InChI is InChI=1S/C27H25N3O4S/c1-4-29-22-14-15-24-27(21(22)13-16-25(29)31)20-7-5-6-8-23(20)30(17-26(32)28(24)3)35(33,34)19-11-9-18(2)10-12-19/h5-16H,4,17H2,1-3H3. The van der Waals surface area contributed by atoms with Gasteiger partial charge in [0.15, 0.2) is 0 Å². The van der Waals surface area contributed by atoms with Gasteiger partial charge in [-0.1, -0.05) is 35.9 Å². The van der Waals surface area contributed by atoms with Crippen LogP contribution in [0.4, 0.5) is 11.4 Å². The first kappa shape index (κ1) is 22.9. The van der Waals surface area contributed by atoms with Crippen LogP contribution in [0.5, 0.6) is 0 Å². The van der Waals surface area contributed by atoms with E-state index in [1.807, 2.05) is 38.1 Å². The highest BCUT2D eigenvalue weighted by molar-refractivity contribution is 7.92. The topological polar surface area (TPSA) is 79.7 Å². The average Bonchev–Trinajstić information content (AvgIpc) is 2.85. The van der Waals surface area contributed by atoms with Crippen LogP contribution in [-0.4, -0.2) is 32.5 Å². The minimum atomic E-state index is -4.03. The van der Waals surface area contributed by atoms with Gasteiger partial charge in [-0.2, -0.15) is 0 Å². The van der Waals surface area contributed by atoms with E-state index in [0.717, 1.165) is 16.5 Å². The van der Waals surface area contributed by atoms with Crippen molar-refractivity contribution in [2.45, 2.75) is 25.3 Å². The highest BCUT2D eigenvalue weighted by atomic mass is 32.2. The summed E-state index contributed by atoms with van der Waals surface area (Å²) in [5, 5.41) is 0.769. The maximum Gasteiger partial charge on any atom is 0.264 e. The van der Waals surface area contributed by atoms with Gasteiger partial charge in [-0.05, 0) is 50.2 Å². The highest BCUT2D eigenvalue weighted by Gasteiger charge is 2.34. The number of carbonyl (C=O) groups is 1. The molecule has 0 unspecified atom stereocenters. The Morgan fingerprint density at radius 3 is 2.29 bits per heavy atom. The molecule has 0 fully saturated rings. The zero-order valence-corrected chi connectivity index (χ0v) is 20.5. The summed E-state index contributed by atoms with van der Waals surface area (Å²) in [4.78, 5) is 27.5. The number of sulfonamides is 1. The normalized spacial score (nSPS) is 13.9. The lowest BCUT2D eigenvalue weighted by molar-refractivity contribution is -0.116. The molecule has 35 heavy (non-hydrogen) atoms. The van der Waals surface area contributed by atoms with E-state index in [1.165, 1.54) is 15.3 Å². The molecule has 0 aliphatic carbocycles. The molecule has 1 aromatic heterocycles. The number of para-hydroxylation sites is 1. The van der Waals surface area contributed by atoms with E-state index in [2.05, 4.69) is 0 Å². The molecule has 5 rings (SSSR count). The fraction of sp³-hybridized carbons (Fsp3) is 0.185. The van der Waals surface area contributed by atoms with Gasteiger partial charge >= 0.3 is 0 Å². The monoisotopic (exact) mass is 487 g/mol. The van der Waals surface area contributed by atoms with Crippen molar-refractivity contribution in [3.8, 4) is 11.1 Å². The molecule has 0 spiro atoms. The summed E-state index contributed by atoms with van der Waals surface area (Å²) < 4.78 is 30.5. The van der Waals surface area contributed by atoms with Gasteiger partial charge in [0.05, 0.1) is 21.8 Å². The molecule has 178 valence electrons. The summed E-state index contributed by atoms with van der Waals surface area (Å²) in [6.45, 7) is 3.93. The molecule has 8 heteroatoms. The van der Waals surface area contributed by atoms with Crippen LogP contribution < -0.4 is 14.8 Å². The molecule has 3 aromatic carbocycles. The number of nitrogens with zero attached hydrogens (tertiary/aromatic N) is 3. The molecule has 4 aromatic rings. The fourth-order valence-electron chi connectivity index (χ4n) is 4.66. The van der Waals surface area contributed by atoms with Crippen molar-refractivity contribution >= 4 is 38.2 Å². The lowest BCUT2D eigenvalue weighted by Gasteiger charge is -2.33. The number of hydrogen-bond donors (Lipinski definition) is 0. The number of hydrogen-bond acceptors (Lipinski definition) is 4. The Morgan fingerprint density at radius 2 is 1.57 bits per heavy atom. The van der Waals surface area contributed by atoms with Gasteiger partial charge in [-0.15, -0.1) is 0 Å². The van der Waals surface area contributed by atoms with E-state index in [4.69, 9.17) is 0 Å². The van der Waals surface area contributed by atoms with Gasteiger partial charge in [0.1, 0.15) is 6.54 Å². The summed E-state index contributed by atoms with van der Waals surface area (Å²) in [6.07, 6.45) is 0. The van der Waals surface area contributed by atoms with Crippen molar-refractivity contribution in [1.29, 1.82) is 0 Å². The van der Waals surface area contributed by atoms with Gasteiger partial charge in [0, 0.05) is 36.2 Å². The number of pyridine rings is 1. The Hall–Kier alpha value is -3.91. The molecule has 1 aliphatic rings. The summed E-state index contributed by atoms with van der Waals surface area (Å²) >= 11 is 0. The smallest absolute Gasteiger partial charge is 0.264 e. The second-order valence-electron chi connectivity index (χ2n) is 8.60. The molecule has 0 saturated heterocycles. The SMILES string of the molecule is CCn1c(=O)ccc2c3c(ccc21)N(C)C(=O)CN(S(=O)(=O)c1ccc(C)cc1)c1ccccc1-3. The molecule has 1 amide bonds. The number of aryl methyl sites for hydroxylation is 2. The third-order valence-electron chi connectivity index (χ3n) is 6.53. The lowest BCUT2D eigenvalue weighted by Crippen LogP contribution is -2.43. The molecule has 0 radical (unpaired) electrons. The van der Waals surface area contributed by atoms with E-state index in [9.17, 15) is 18.0 Å². The van der Waals surface area contributed by atoms with Crippen molar-refractivity contribution in [2.24, 2.45) is 0 Å². The molecule has 0 saturated carbocycles. The quantitative estimate of drug-likeness (QED) is 0.435. The predicted octanol–water partition coefficient (Wildman–Crippen LogP) is 4.17. The fourth-order valence-corrected chi connectivity index (χ4v) is 6.09. The Balaban J connectivity index is 1.85. The van der Waals surface area contributed by atoms with E-state index < -0.39 is 10.0 Å². The minimum absolute atomic E-state index is 0.117. The van der Waals surface area contributed by atoms with Crippen molar-refractivity contribution in [2.75, 3.05) is 22.8 Å². The van der Waals surface area contributed by atoms with Crippen LogP contribution in [0.2, 0.25) is 0 Å². The number of likely N-dealkylation sites (N-methyl/N-ethyl adjacent to an activating group) is 1. The molecule has 0 atom stereocenters. The van der Waals surface area contributed by atoms with Crippen molar-refractivity contribution in [3.63, 3.8) is 0 Å². The second-order valence-corrected chi connectivity index (χ2v) is 10.5. The number of amides is 1. The summed E-state index contributed by atoms with van der Waals surface area (Å²) in [5.74, 6) is -0.361. The number of benzene rings is 3. The van der Waals surface area contributed by atoms with Gasteiger partial charge in [0.25, 0.3) is 15.6 Å². The van der Waals surface area contributed by atoms with Crippen LogP contribution >= 0.6 is 0 Å². The van der Waals surface area contributed by atoms with Crippen molar-refractivity contribution in [1.82, 2.24) is 4.57 Å². The molecule has 7 nitrogen and oxygen atoms in total. The van der Waals surface area contributed by atoms with Gasteiger partial charge in [-0.3, -0.25) is 13.9 Å². The summed E-state index contributed by atoms with van der Waals surface area (Å²) in [5.41, 5.74) is 4.00. The number of fused-ring (bicyclic) bond motifs is 5. The van der Waals surface area contributed by atoms with Crippen LogP contribution in [0.25, 0.3) is 22.0 Å². The molecule has 0 N–H and O–H groups in total. The Morgan fingerprint density at radius 1 is 0.857 bits per heavy atom. The number of aromatic nitrogens is 1. The van der Waals surface area contributed by atoms with E-state index >= 15 is 0 Å². The molecule has 2 heterocycles. The van der Waals surface area contributed by atoms with Crippen molar-refractivity contribution < 1.29 is 13.2 Å². The van der Waals surface area contributed by atoms with Crippen LogP contribution in [0.3, 0.4) is 0 Å². The number of anilines is 2. The summed E-state index contributed by atoms with van der Waals surface area (Å²) in [6, 6.07) is 20.7. The minimum Gasteiger partial charge on any atom is -0.313 e. The van der Waals surface area contributed by atoms with Crippen LogP contribution in [0.1, 0.15) is 12.5 Å². The second kappa shape index (κ2) is 8.39. The predicted molar refractivity (Wildman–Crippen MR) is 138 cm³/mol. The number of rotatable bonds is 3. The molecular weight excluding hydrogens is 462 g/mol. The zero-order valence-electron chi connectivity index (χ0n) is 19.7. The average molecular weight is 488 g/mol. The van der Waals surface area contributed by atoms with Crippen LogP contribution in [-0.2, 0) is 21.4 Å². The third kappa shape index (κ3) is 3.61. The van der Waals surface area contributed by atoms with Crippen molar-refractivity contribution in [3.05, 3.63) is 88.7 Å². The molecule has 0 bridgehead atoms. The first-order chi connectivity index (χ1) is 16.7. The Bertz CT molecular complexity index is 1640. The highest BCUT2D eigenvalue weighted by Crippen LogP contribution is 2.44. The van der Waals surface area contributed by atoms with Gasteiger partial charge in [0.2, 0.25) is 5.91 Å². The zero-order chi connectivity index (χ0) is 24.9. The van der Waals surface area contributed by atoms with E-state index in [-0.39, 0.29) is 22.9 Å². The maximum absolute atomic E-state index is 13.8. The lowest BCUT2D eigenvalue weighted by atomic mass is 9.95. The Labute approximate surface area is 203 Å². The van der Waals surface area contributed by atoms with Gasteiger partial charge in [-0.25, -0.2) is 8.42 Å². The first-order valence-corrected chi connectivity index (χ1v) is 12.8. The van der Waals surface area contributed by atoms with Gasteiger partial charge < -0.3 is 9.47 Å². The molecule has 1 aliphatic heterocycles. The summed E-state index contributed by atoms with van der Waals surface area (Å²) in [7, 11) is -2.39. The van der Waals surface area contributed by atoms with Crippen LogP contribution in [0.15, 0.2) is 82.5 Å². The van der Waals surface area contributed by atoms with E-state index in [0.29, 0.717) is 29.0 Å². The van der Waals surface area contributed by atoms with E-state index in [1.54, 1.807) is 54.1 Å². The Kier molecular flexibility index (Phi) is 5.48. The number of carbonyl (C=O) groups excluding carboxylic acids is 1. The van der Waals surface area contributed by atoms with Crippen LogP contribution in [0, 0.1) is 6.92 Å². The molecular formula is C27H25N3O4S. The third-order valence-corrected chi connectivity index (χ3v) is 8.31. The largest absolute Gasteiger partial charge is 0.313 e.